The number of benzene rings is 2. The average Bonchev–Trinajstić information content (AvgIpc) is 3.45. The molecule has 5 rings (SSSR count). The number of carbonyl (C=O) groups is 2. The monoisotopic (exact) mass is 575 g/mol. The second-order valence-corrected chi connectivity index (χ2v) is 9.89. The summed E-state index contributed by atoms with van der Waals surface area (Å²) in [6.07, 6.45) is 1.26. The zero-order valence-corrected chi connectivity index (χ0v) is 21.4. The zero-order chi connectivity index (χ0) is 29.5. The number of rotatable bonds is 6. The Kier molecular flexibility index (Phi) is 7.50. The maximum Gasteiger partial charge on any atom is 0.419 e. The second-order valence-electron chi connectivity index (χ2n) is 9.89. The Morgan fingerprint density at radius 2 is 1.63 bits per heavy atom. The van der Waals surface area contributed by atoms with Crippen molar-refractivity contribution in [3.05, 3.63) is 94.6 Å². The minimum absolute atomic E-state index is 0.218. The number of pyridine rings is 1. The summed E-state index contributed by atoms with van der Waals surface area (Å²) in [7, 11) is 1.19. The molecule has 2 bridgehead atoms. The van der Waals surface area contributed by atoms with Crippen molar-refractivity contribution in [3.63, 3.8) is 0 Å². The van der Waals surface area contributed by atoms with Gasteiger partial charge >= 0.3 is 6.18 Å². The summed E-state index contributed by atoms with van der Waals surface area (Å²) in [5.74, 6) is -7.32. The number of halogens is 6. The van der Waals surface area contributed by atoms with E-state index in [1.165, 1.54) is 7.11 Å². The Balaban J connectivity index is 1.49. The molecular weight excluding hydrogens is 552 g/mol. The van der Waals surface area contributed by atoms with Gasteiger partial charge in [0.05, 0.1) is 24.2 Å². The van der Waals surface area contributed by atoms with E-state index in [1.807, 2.05) is 6.08 Å². The molecule has 3 aromatic rings. The first-order chi connectivity index (χ1) is 19.5. The van der Waals surface area contributed by atoms with Crippen LogP contribution in [0.25, 0.3) is 6.08 Å². The first kappa shape index (κ1) is 28.2. The van der Waals surface area contributed by atoms with Crippen molar-refractivity contribution in [1.82, 2.24) is 10.3 Å². The lowest BCUT2D eigenvalue weighted by Crippen LogP contribution is -2.48. The van der Waals surface area contributed by atoms with Crippen LogP contribution in [0, 0.1) is 35.2 Å². The number of carbonyl (C=O) groups excluding carboxylic acids is 2. The van der Waals surface area contributed by atoms with E-state index in [-0.39, 0.29) is 28.8 Å². The fourth-order valence-corrected chi connectivity index (χ4v) is 5.79. The number of alkyl halides is 3. The standard InChI is InChI=1S/C29H23F6N3O3/c1-41-24-13-23(32)22(31)12-19(24)27(39)38-26-17-4-3-16(18(17)10-14-6-8-36-9-7-14)25(26)28(40)37-15-2-5-21(30)20(11-15)29(33,34)35/h2,5-13,16-17,25-26H,3-4H2,1H3,(H,37,40)(H,38,39)/b18-10-/t16?,17?,25-,26+/m0/s1. The van der Waals surface area contributed by atoms with Crippen molar-refractivity contribution < 1.29 is 40.7 Å². The van der Waals surface area contributed by atoms with Gasteiger partial charge in [0.25, 0.3) is 5.91 Å². The van der Waals surface area contributed by atoms with Crippen LogP contribution in [0.3, 0.4) is 0 Å². The normalized spacial score (nSPS) is 22.6. The maximum atomic E-state index is 14.0. The molecule has 0 saturated heterocycles. The quantitative estimate of drug-likeness (QED) is 0.354. The molecular formula is C29H23F6N3O3. The number of aromatic nitrogens is 1. The van der Waals surface area contributed by atoms with Gasteiger partial charge in [0, 0.05) is 36.1 Å². The largest absolute Gasteiger partial charge is 0.496 e. The number of fused-ring (bicyclic) bond motifs is 2. The van der Waals surface area contributed by atoms with Crippen molar-refractivity contribution in [3.8, 4) is 5.75 Å². The molecule has 2 aliphatic rings. The number of hydrogen-bond donors (Lipinski definition) is 2. The van der Waals surface area contributed by atoms with Gasteiger partial charge in [-0.15, -0.1) is 0 Å². The summed E-state index contributed by atoms with van der Waals surface area (Å²) in [6.45, 7) is 0. The summed E-state index contributed by atoms with van der Waals surface area (Å²) in [4.78, 5) is 30.9. The van der Waals surface area contributed by atoms with Crippen molar-refractivity contribution in [2.75, 3.05) is 12.4 Å². The summed E-state index contributed by atoms with van der Waals surface area (Å²) in [5, 5.41) is 5.21. The van der Waals surface area contributed by atoms with Crippen LogP contribution in [0.1, 0.15) is 34.3 Å². The molecule has 2 aliphatic carbocycles. The van der Waals surface area contributed by atoms with Gasteiger partial charge in [-0.1, -0.05) is 11.6 Å². The van der Waals surface area contributed by atoms with Crippen LogP contribution in [-0.4, -0.2) is 29.9 Å². The van der Waals surface area contributed by atoms with Crippen LogP contribution in [0.4, 0.5) is 32.0 Å². The molecule has 2 unspecified atom stereocenters. The second kappa shape index (κ2) is 10.9. The third-order valence-corrected chi connectivity index (χ3v) is 7.57. The lowest BCUT2D eigenvalue weighted by atomic mass is 9.83. The van der Waals surface area contributed by atoms with E-state index in [4.69, 9.17) is 4.74 Å². The number of ether oxygens (including phenoxy) is 1. The molecule has 2 N–H and O–H groups in total. The first-order valence-electron chi connectivity index (χ1n) is 12.6. The van der Waals surface area contributed by atoms with Crippen LogP contribution in [0.2, 0.25) is 0 Å². The predicted molar refractivity (Wildman–Crippen MR) is 136 cm³/mol. The van der Waals surface area contributed by atoms with Gasteiger partial charge in [-0.05, 0) is 60.7 Å². The Morgan fingerprint density at radius 1 is 0.951 bits per heavy atom. The molecule has 4 atom stereocenters. The van der Waals surface area contributed by atoms with Crippen molar-refractivity contribution >= 4 is 23.6 Å². The molecule has 6 nitrogen and oxygen atoms in total. The number of anilines is 1. The van der Waals surface area contributed by atoms with E-state index in [0.717, 1.165) is 23.3 Å². The van der Waals surface area contributed by atoms with Crippen molar-refractivity contribution in [2.24, 2.45) is 17.8 Å². The van der Waals surface area contributed by atoms with E-state index in [9.17, 15) is 35.9 Å². The Bertz CT molecular complexity index is 1530. The molecule has 1 heterocycles. The smallest absolute Gasteiger partial charge is 0.419 e. The Morgan fingerprint density at radius 3 is 2.32 bits per heavy atom. The third kappa shape index (κ3) is 5.50. The molecule has 2 amide bonds. The molecule has 41 heavy (non-hydrogen) atoms. The lowest BCUT2D eigenvalue weighted by molar-refractivity contribution is -0.140. The predicted octanol–water partition coefficient (Wildman–Crippen LogP) is 6.00. The van der Waals surface area contributed by atoms with Crippen molar-refractivity contribution in [1.29, 1.82) is 0 Å². The molecule has 0 aliphatic heterocycles. The SMILES string of the molecule is COc1cc(F)c(F)cc1C(=O)N[C@@H]1C2CCC(/C2=C/c2ccncc2)[C@@H]1C(=O)Nc1ccc(F)c(C(F)(F)F)c1. The highest BCUT2D eigenvalue weighted by molar-refractivity contribution is 5.99. The summed E-state index contributed by atoms with van der Waals surface area (Å²) in [5.41, 5.74) is -0.431. The Labute approximate surface area is 230 Å². The average molecular weight is 576 g/mol. The van der Waals surface area contributed by atoms with Crippen LogP contribution >= 0.6 is 0 Å². The fraction of sp³-hybridized carbons (Fsp3) is 0.276. The minimum Gasteiger partial charge on any atom is -0.496 e. The topological polar surface area (TPSA) is 80.3 Å². The molecule has 2 aromatic carbocycles. The number of nitrogens with zero attached hydrogens (tertiary/aromatic N) is 1. The van der Waals surface area contributed by atoms with E-state index in [0.29, 0.717) is 31.0 Å². The fourth-order valence-electron chi connectivity index (χ4n) is 5.79. The summed E-state index contributed by atoms with van der Waals surface area (Å²) in [6, 6.07) is 6.25. The lowest BCUT2D eigenvalue weighted by Gasteiger charge is -2.30. The number of hydrogen-bond acceptors (Lipinski definition) is 4. The van der Waals surface area contributed by atoms with Gasteiger partial charge in [0.15, 0.2) is 11.6 Å². The van der Waals surface area contributed by atoms with Gasteiger partial charge in [-0.3, -0.25) is 14.6 Å². The minimum atomic E-state index is -4.97. The highest BCUT2D eigenvalue weighted by Crippen LogP contribution is 2.53. The van der Waals surface area contributed by atoms with Gasteiger partial charge in [0.1, 0.15) is 11.6 Å². The van der Waals surface area contributed by atoms with Crippen LogP contribution in [0.5, 0.6) is 5.75 Å². The van der Waals surface area contributed by atoms with Gasteiger partial charge in [-0.2, -0.15) is 13.2 Å². The number of nitrogens with one attached hydrogen (secondary N) is 2. The highest BCUT2D eigenvalue weighted by atomic mass is 19.4. The van der Waals surface area contributed by atoms with E-state index in [1.54, 1.807) is 24.5 Å². The van der Waals surface area contributed by atoms with Crippen LogP contribution in [-0.2, 0) is 11.0 Å². The molecule has 0 spiro atoms. The molecule has 0 radical (unpaired) electrons. The maximum absolute atomic E-state index is 14.0. The molecule has 12 heteroatoms. The summed E-state index contributed by atoms with van der Waals surface area (Å²) >= 11 is 0. The molecule has 2 fully saturated rings. The molecule has 2 saturated carbocycles. The van der Waals surface area contributed by atoms with E-state index in [2.05, 4.69) is 15.6 Å². The highest BCUT2D eigenvalue weighted by Gasteiger charge is 2.54. The van der Waals surface area contributed by atoms with Gasteiger partial charge in [-0.25, -0.2) is 13.2 Å². The van der Waals surface area contributed by atoms with Gasteiger partial charge < -0.3 is 15.4 Å². The summed E-state index contributed by atoms with van der Waals surface area (Å²) < 4.78 is 86.4. The Hall–Kier alpha value is -4.35. The number of amides is 2. The van der Waals surface area contributed by atoms with E-state index < -0.39 is 53.0 Å². The number of methoxy groups -OCH3 is 1. The van der Waals surface area contributed by atoms with Crippen LogP contribution in [0.15, 0.2) is 60.4 Å². The first-order valence-corrected chi connectivity index (χ1v) is 12.6. The van der Waals surface area contributed by atoms with E-state index >= 15 is 0 Å². The zero-order valence-electron chi connectivity index (χ0n) is 21.4. The van der Waals surface area contributed by atoms with Crippen molar-refractivity contribution in [2.45, 2.75) is 25.1 Å². The van der Waals surface area contributed by atoms with Gasteiger partial charge in [0.2, 0.25) is 5.91 Å². The molecule has 214 valence electrons. The van der Waals surface area contributed by atoms with Crippen LogP contribution < -0.4 is 15.4 Å². The molecule has 1 aromatic heterocycles. The third-order valence-electron chi connectivity index (χ3n) is 7.57.